The number of hydrogen-bond acceptors (Lipinski definition) is 6. The highest BCUT2D eigenvalue weighted by Gasteiger charge is 2.09. The first kappa shape index (κ1) is 17.0. The van der Waals surface area contributed by atoms with E-state index in [9.17, 15) is 4.79 Å². The first-order valence-corrected chi connectivity index (χ1v) is 10.1. The first-order valence-electron chi connectivity index (χ1n) is 7.39. The summed E-state index contributed by atoms with van der Waals surface area (Å²) < 4.78 is 5.40. The minimum absolute atomic E-state index is 0.0547. The van der Waals surface area contributed by atoms with Crippen LogP contribution < -0.4 is 10.1 Å². The molecule has 0 aliphatic carbocycles. The van der Waals surface area contributed by atoms with Gasteiger partial charge in [-0.1, -0.05) is 6.07 Å². The fourth-order valence-electron chi connectivity index (χ4n) is 1.97. The van der Waals surface area contributed by atoms with Gasteiger partial charge in [0.15, 0.2) is 5.13 Å². The lowest BCUT2D eigenvalue weighted by Gasteiger charge is -2.05. The van der Waals surface area contributed by atoms with Gasteiger partial charge >= 0.3 is 0 Å². The number of ether oxygens (including phenoxy) is 1. The highest BCUT2D eigenvalue weighted by molar-refractivity contribution is 8.00. The molecule has 0 unspecified atom stereocenters. The van der Waals surface area contributed by atoms with Crippen molar-refractivity contribution >= 4 is 45.5 Å². The van der Waals surface area contributed by atoms with Crippen molar-refractivity contribution < 1.29 is 9.53 Å². The maximum atomic E-state index is 12.1. The maximum absolute atomic E-state index is 12.1. The third-order valence-electron chi connectivity index (χ3n) is 3.03. The van der Waals surface area contributed by atoms with E-state index in [1.807, 2.05) is 54.1 Å². The van der Waals surface area contributed by atoms with Crippen molar-refractivity contribution in [1.82, 2.24) is 4.98 Å². The Kier molecular flexibility index (Phi) is 5.90. The quantitative estimate of drug-likeness (QED) is 0.590. The number of nitrogens with one attached hydrogen (secondary N) is 1. The molecule has 3 rings (SSSR count). The van der Waals surface area contributed by atoms with E-state index in [0.29, 0.717) is 17.5 Å². The molecule has 0 saturated heterocycles. The zero-order valence-electron chi connectivity index (χ0n) is 13.0. The van der Waals surface area contributed by atoms with Crippen LogP contribution in [0.25, 0.3) is 10.6 Å². The number of benzene rings is 1. The van der Waals surface area contributed by atoms with E-state index in [2.05, 4.69) is 10.3 Å². The molecule has 0 spiro atoms. The standard InChI is InChI=1S/C17H16N2O2S3/c1-2-21-12-5-7-13(8-6-12)23-11-16(20)19-17-18-14(10-24-17)15-4-3-9-22-15/h3-10H,2,11H2,1H3,(H,18,19,20). The van der Waals surface area contributed by atoms with Crippen LogP contribution in [0.5, 0.6) is 5.75 Å². The molecule has 7 heteroatoms. The molecule has 24 heavy (non-hydrogen) atoms. The number of thiophene rings is 1. The molecule has 0 atom stereocenters. The number of thiazole rings is 1. The van der Waals surface area contributed by atoms with Crippen LogP contribution in [0.4, 0.5) is 5.13 Å². The van der Waals surface area contributed by atoms with Gasteiger partial charge in [-0.25, -0.2) is 4.98 Å². The summed E-state index contributed by atoms with van der Waals surface area (Å²) in [4.78, 5) is 18.7. The molecule has 2 heterocycles. The normalized spacial score (nSPS) is 10.5. The predicted octanol–water partition coefficient (Wildman–Crippen LogP) is 5.00. The molecule has 1 aromatic carbocycles. The van der Waals surface area contributed by atoms with Crippen molar-refractivity contribution in [3.05, 3.63) is 47.2 Å². The Morgan fingerprint density at radius 2 is 2.08 bits per heavy atom. The number of rotatable bonds is 7. The summed E-state index contributed by atoms with van der Waals surface area (Å²) in [5, 5.41) is 7.46. The average molecular weight is 377 g/mol. The molecule has 124 valence electrons. The number of amides is 1. The number of hydrogen-bond donors (Lipinski definition) is 1. The van der Waals surface area contributed by atoms with Crippen molar-refractivity contribution in [1.29, 1.82) is 0 Å². The number of anilines is 1. The Morgan fingerprint density at radius 3 is 2.79 bits per heavy atom. The zero-order chi connectivity index (χ0) is 16.8. The van der Waals surface area contributed by atoms with Gasteiger partial charge in [0.25, 0.3) is 0 Å². The Balaban J connectivity index is 1.50. The Labute approximate surface area is 152 Å². The van der Waals surface area contributed by atoms with Crippen LogP contribution in [-0.2, 0) is 4.79 Å². The van der Waals surface area contributed by atoms with Crippen molar-refractivity contribution in [3.63, 3.8) is 0 Å². The monoisotopic (exact) mass is 376 g/mol. The van der Waals surface area contributed by atoms with Crippen molar-refractivity contribution in [3.8, 4) is 16.3 Å². The van der Waals surface area contributed by atoms with Gasteiger partial charge in [0.1, 0.15) is 5.75 Å². The van der Waals surface area contributed by atoms with Gasteiger partial charge in [0, 0.05) is 10.3 Å². The van der Waals surface area contributed by atoms with Gasteiger partial charge < -0.3 is 10.1 Å². The third kappa shape index (κ3) is 4.59. The van der Waals surface area contributed by atoms with Crippen LogP contribution >= 0.6 is 34.4 Å². The molecular weight excluding hydrogens is 360 g/mol. The Bertz CT molecular complexity index is 783. The highest BCUT2D eigenvalue weighted by Crippen LogP contribution is 2.28. The fourth-order valence-corrected chi connectivity index (χ4v) is 4.16. The van der Waals surface area contributed by atoms with Crippen molar-refractivity contribution in [2.24, 2.45) is 0 Å². The summed E-state index contributed by atoms with van der Waals surface area (Å²) in [5.41, 5.74) is 0.907. The zero-order valence-corrected chi connectivity index (χ0v) is 15.5. The number of nitrogens with zero attached hydrogens (tertiary/aromatic N) is 1. The third-order valence-corrected chi connectivity index (χ3v) is 5.69. The van der Waals surface area contributed by atoms with Gasteiger partial charge in [-0.2, -0.15) is 0 Å². The molecule has 0 aliphatic heterocycles. The lowest BCUT2D eigenvalue weighted by atomic mass is 10.3. The lowest BCUT2D eigenvalue weighted by Crippen LogP contribution is -2.13. The summed E-state index contributed by atoms with van der Waals surface area (Å²) in [6.07, 6.45) is 0. The lowest BCUT2D eigenvalue weighted by molar-refractivity contribution is -0.113. The summed E-state index contributed by atoms with van der Waals surface area (Å²) in [5.74, 6) is 1.14. The molecule has 1 amide bonds. The second kappa shape index (κ2) is 8.32. The molecule has 4 nitrogen and oxygen atoms in total. The fraction of sp³-hybridized carbons (Fsp3) is 0.176. The van der Waals surface area contributed by atoms with Gasteiger partial charge in [0.2, 0.25) is 5.91 Å². The minimum Gasteiger partial charge on any atom is -0.494 e. The molecule has 0 fully saturated rings. The van der Waals surface area contributed by atoms with E-state index in [0.717, 1.165) is 21.2 Å². The predicted molar refractivity (Wildman–Crippen MR) is 102 cm³/mol. The molecule has 0 aliphatic rings. The van der Waals surface area contributed by atoms with E-state index in [1.165, 1.54) is 23.1 Å². The second-order valence-electron chi connectivity index (χ2n) is 4.76. The second-order valence-corrected chi connectivity index (χ2v) is 7.61. The summed E-state index contributed by atoms with van der Waals surface area (Å²) in [6.45, 7) is 2.60. The topological polar surface area (TPSA) is 51.2 Å². The van der Waals surface area contributed by atoms with Crippen LogP contribution in [-0.4, -0.2) is 23.3 Å². The smallest absolute Gasteiger partial charge is 0.236 e. The van der Waals surface area contributed by atoms with Gasteiger partial charge in [-0.3, -0.25) is 4.79 Å². The molecule has 2 aromatic heterocycles. The number of carbonyl (C=O) groups is 1. The van der Waals surface area contributed by atoms with Crippen LogP contribution in [0, 0.1) is 0 Å². The van der Waals surface area contributed by atoms with E-state index in [4.69, 9.17) is 4.74 Å². The largest absolute Gasteiger partial charge is 0.494 e. The van der Waals surface area contributed by atoms with E-state index in [1.54, 1.807) is 11.3 Å². The highest BCUT2D eigenvalue weighted by atomic mass is 32.2. The average Bonchev–Trinajstić information content (AvgIpc) is 3.26. The molecule has 0 radical (unpaired) electrons. The summed E-state index contributed by atoms with van der Waals surface area (Å²) in [6, 6.07) is 11.8. The van der Waals surface area contributed by atoms with Gasteiger partial charge in [0.05, 0.1) is 22.9 Å². The molecule has 3 aromatic rings. The van der Waals surface area contributed by atoms with Crippen LogP contribution in [0.15, 0.2) is 52.1 Å². The van der Waals surface area contributed by atoms with E-state index >= 15 is 0 Å². The molecule has 1 N–H and O–H groups in total. The van der Waals surface area contributed by atoms with Crippen LogP contribution in [0.3, 0.4) is 0 Å². The van der Waals surface area contributed by atoms with Crippen LogP contribution in [0.1, 0.15) is 6.92 Å². The number of thioether (sulfide) groups is 1. The number of carbonyl (C=O) groups excluding carboxylic acids is 1. The minimum atomic E-state index is -0.0547. The Hall–Kier alpha value is -1.83. The van der Waals surface area contributed by atoms with E-state index < -0.39 is 0 Å². The van der Waals surface area contributed by atoms with Gasteiger partial charge in [-0.15, -0.1) is 34.4 Å². The number of aromatic nitrogens is 1. The summed E-state index contributed by atoms with van der Waals surface area (Å²) >= 11 is 4.57. The molecular formula is C17H16N2O2S3. The first-order chi connectivity index (χ1) is 11.7. The van der Waals surface area contributed by atoms with E-state index in [-0.39, 0.29) is 5.91 Å². The van der Waals surface area contributed by atoms with Crippen molar-refractivity contribution in [2.75, 3.05) is 17.7 Å². The van der Waals surface area contributed by atoms with Gasteiger partial charge in [-0.05, 0) is 42.6 Å². The van der Waals surface area contributed by atoms with Crippen molar-refractivity contribution in [2.45, 2.75) is 11.8 Å². The summed E-state index contributed by atoms with van der Waals surface area (Å²) in [7, 11) is 0. The molecule has 0 bridgehead atoms. The maximum Gasteiger partial charge on any atom is 0.236 e. The van der Waals surface area contributed by atoms with Crippen LogP contribution in [0.2, 0.25) is 0 Å². The molecule has 0 saturated carbocycles. The Morgan fingerprint density at radius 1 is 1.25 bits per heavy atom. The SMILES string of the molecule is CCOc1ccc(SCC(=O)Nc2nc(-c3cccs3)cs2)cc1.